The van der Waals surface area contributed by atoms with E-state index in [1.54, 1.807) is 36.4 Å². The smallest absolute Gasteiger partial charge is 0.295 e. The Morgan fingerprint density at radius 3 is 2.46 bits per heavy atom. The highest BCUT2D eigenvalue weighted by molar-refractivity contribution is 7.91. The summed E-state index contributed by atoms with van der Waals surface area (Å²) in [5.41, 5.74) is 0.473. The molecule has 0 radical (unpaired) electrons. The Kier molecular flexibility index (Phi) is 8.59. The summed E-state index contributed by atoms with van der Waals surface area (Å²) in [7, 11) is -3.78. The van der Waals surface area contributed by atoms with Crippen LogP contribution in [0.5, 0.6) is 0 Å². The molecule has 37 heavy (non-hydrogen) atoms. The molecule has 198 valence electrons. The van der Waals surface area contributed by atoms with Gasteiger partial charge in [-0.15, -0.1) is 11.3 Å². The third-order valence-corrected chi connectivity index (χ3v) is 9.37. The lowest BCUT2D eigenvalue weighted by Crippen LogP contribution is -2.39. The van der Waals surface area contributed by atoms with Crippen LogP contribution >= 0.6 is 23.1 Å². The van der Waals surface area contributed by atoms with Gasteiger partial charge in [-0.25, -0.2) is 17.6 Å². The van der Waals surface area contributed by atoms with E-state index in [1.165, 1.54) is 18.2 Å². The molecule has 6 nitrogen and oxygen atoms in total. The van der Waals surface area contributed by atoms with Gasteiger partial charge in [0.1, 0.15) is 4.21 Å². The Balaban J connectivity index is 1.33. The molecule has 3 aromatic rings. The van der Waals surface area contributed by atoms with Crippen molar-refractivity contribution in [1.29, 1.82) is 0 Å². The molecule has 0 saturated carbocycles. The molecule has 1 aromatic heterocycles. The van der Waals surface area contributed by atoms with Gasteiger partial charge in [0, 0.05) is 41.3 Å². The third kappa shape index (κ3) is 7.11. The largest absolute Gasteiger partial charge is 0.416 e. The number of nitrogens with one attached hydrogen (secondary N) is 1. The number of sulfonamides is 1. The highest BCUT2D eigenvalue weighted by Crippen LogP contribution is 2.30. The summed E-state index contributed by atoms with van der Waals surface area (Å²) in [6.45, 7) is 1.41. The molecule has 1 amide bonds. The minimum atomic E-state index is -4.38. The Morgan fingerprint density at radius 1 is 1.08 bits per heavy atom. The number of amides is 1. The molecule has 1 saturated heterocycles. The van der Waals surface area contributed by atoms with Crippen LogP contribution in [0.4, 0.5) is 13.2 Å². The van der Waals surface area contributed by atoms with Gasteiger partial charge in [0.15, 0.2) is 0 Å². The van der Waals surface area contributed by atoms with Crippen LogP contribution < -0.4 is 4.72 Å². The molecule has 1 unspecified atom stereocenters. The number of nitrogens with zero attached hydrogens (tertiary/aromatic N) is 2. The second kappa shape index (κ2) is 11.5. The minimum absolute atomic E-state index is 0.0546. The molecular formula is C25H25ClF3N3O3S2. The average molecular weight is 572 g/mol. The predicted octanol–water partition coefficient (Wildman–Crippen LogP) is 5.51. The van der Waals surface area contributed by atoms with Crippen molar-refractivity contribution in [1.82, 2.24) is 14.0 Å². The second-order valence-electron chi connectivity index (χ2n) is 8.73. The van der Waals surface area contributed by atoms with Gasteiger partial charge in [-0.05, 0) is 61.3 Å². The fraction of sp³-hybridized carbons (Fsp3) is 0.320. The van der Waals surface area contributed by atoms with Crippen LogP contribution in [-0.2, 0) is 29.3 Å². The van der Waals surface area contributed by atoms with Gasteiger partial charge in [0.2, 0.25) is 10.0 Å². The number of alkyl halides is 3. The summed E-state index contributed by atoms with van der Waals surface area (Å²) < 4.78 is 68.0. The van der Waals surface area contributed by atoms with E-state index in [9.17, 15) is 26.4 Å². The predicted molar refractivity (Wildman–Crippen MR) is 137 cm³/mol. The standard InChI is InChI=1S/C25H25ClF3N3O3S2/c26-32(24(33)19-5-2-1-3-6-19)17-22-12-13-23(36-22)37(34,35)30-15-21-7-4-14-31(21)16-18-8-10-20(11-9-18)25(27,28)29/h1-3,5-6,8-13,21,30H,4,7,14-17H2. The number of likely N-dealkylation sites (tertiary alicyclic amines) is 1. The van der Waals surface area contributed by atoms with E-state index >= 15 is 0 Å². The van der Waals surface area contributed by atoms with Crippen molar-refractivity contribution in [3.63, 3.8) is 0 Å². The first kappa shape index (κ1) is 27.6. The minimum Gasteiger partial charge on any atom is -0.295 e. The summed E-state index contributed by atoms with van der Waals surface area (Å²) in [6, 6.07) is 16.6. The summed E-state index contributed by atoms with van der Waals surface area (Å²) in [5, 5.41) is 0. The lowest BCUT2D eigenvalue weighted by molar-refractivity contribution is -0.137. The molecule has 0 bridgehead atoms. The topological polar surface area (TPSA) is 69.7 Å². The van der Waals surface area contributed by atoms with Crippen LogP contribution in [0.1, 0.15) is 39.2 Å². The first-order chi connectivity index (χ1) is 17.5. The number of hydrogen-bond donors (Lipinski definition) is 1. The van der Waals surface area contributed by atoms with Crippen molar-refractivity contribution in [3.05, 3.63) is 88.3 Å². The van der Waals surface area contributed by atoms with Crippen molar-refractivity contribution in [2.24, 2.45) is 0 Å². The normalized spacial score (nSPS) is 16.7. The lowest BCUT2D eigenvalue weighted by Gasteiger charge is -2.24. The quantitative estimate of drug-likeness (QED) is 0.344. The third-order valence-electron chi connectivity index (χ3n) is 6.11. The van der Waals surface area contributed by atoms with Gasteiger partial charge in [-0.1, -0.05) is 30.3 Å². The Bertz CT molecular complexity index is 1320. The van der Waals surface area contributed by atoms with E-state index < -0.39 is 21.8 Å². The van der Waals surface area contributed by atoms with Gasteiger partial charge in [0.05, 0.1) is 12.1 Å². The molecule has 0 spiro atoms. The maximum atomic E-state index is 12.9. The maximum absolute atomic E-state index is 12.9. The van der Waals surface area contributed by atoms with Crippen LogP contribution in [0.25, 0.3) is 0 Å². The molecule has 1 fully saturated rings. The zero-order valence-electron chi connectivity index (χ0n) is 19.6. The highest BCUT2D eigenvalue weighted by Gasteiger charge is 2.31. The Labute approximate surface area is 222 Å². The van der Waals surface area contributed by atoms with Crippen LogP contribution in [0.15, 0.2) is 70.9 Å². The van der Waals surface area contributed by atoms with Crippen molar-refractivity contribution in [2.45, 2.75) is 42.4 Å². The molecule has 4 rings (SSSR count). The first-order valence-electron chi connectivity index (χ1n) is 11.5. The molecule has 2 heterocycles. The van der Waals surface area contributed by atoms with Gasteiger partial charge >= 0.3 is 6.18 Å². The lowest BCUT2D eigenvalue weighted by atomic mass is 10.1. The van der Waals surface area contributed by atoms with Crippen LogP contribution in [0, 0.1) is 0 Å². The monoisotopic (exact) mass is 571 g/mol. The van der Waals surface area contributed by atoms with Crippen LogP contribution in [-0.4, -0.2) is 42.8 Å². The first-order valence-corrected chi connectivity index (χ1v) is 14.2. The zero-order valence-corrected chi connectivity index (χ0v) is 22.0. The van der Waals surface area contributed by atoms with E-state index in [1.807, 2.05) is 0 Å². The van der Waals surface area contributed by atoms with Gasteiger partial charge in [-0.3, -0.25) is 9.69 Å². The summed E-state index contributed by atoms with van der Waals surface area (Å²) in [6.07, 6.45) is -2.73. The van der Waals surface area contributed by atoms with E-state index in [4.69, 9.17) is 11.8 Å². The molecule has 1 aliphatic heterocycles. The second-order valence-corrected chi connectivity index (χ2v) is 12.3. The van der Waals surface area contributed by atoms with E-state index in [0.29, 0.717) is 17.0 Å². The number of carbonyl (C=O) groups excluding carboxylic acids is 1. The van der Waals surface area contributed by atoms with E-state index in [2.05, 4.69) is 9.62 Å². The summed E-state index contributed by atoms with van der Waals surface area (Å²) in [5.74, 6) is -0.382. The van der Waals surface area contributed by atoms with Crippen molar-refractivity contribution in [3.8, 4) is 0 Å². The van der Waals surface area contributed by atoms with Crippen LogP contribution in [0.3, 0.4) is 0 Å². The summed E-state index contributed by atoms with van der Waals surface area (Å²) in [4.78, 5) is 15.1. The molecule has 1 aliphatic rings. The van der Waals surface area contributed by atoms with Crippen molar-refractivity contribution >= 4 is 39.0 Å². The number of benzene rings is 2. The van der Waals surface area contributed by atoms with Gasteiger partial charge in [0.25, 0.3) is 5.91 Å². The van der Waals surface area contributed by atoms with E-state index in [0.717, 1.165) is 52.8 Å². The Morgan fingerprint density at radius 2 is 1.78 bits per heavy atom. The number of halogens is 4. The SMILES string of the molecule is O=C(c1ccccc1)N(Cl)Cc1ccc(S(=O)(=O)NCC2CCCN2Cc2ccc(C(F)(F)F)cc2)s1. The Hall–Kier alpha value is -2.44. The van der Waals surface area contributed by atoms with Crippen LogP contribution in [0.2, 0.25) is 0 Å². The molecule has 2 aromatic carbocycles. The molecule has 12 heteroatoms. The molecule has 1 N–H and O–H groups in total. The van der Waals surface area contributed by atoms with Crippen molar-refractivity contribution < 1.29 is 26.4 Å². The molecular weight excluding hydrogens is 547 g/mol. The van der Waals surface area contributed by atoms with E-state index in [-0.39, 0.29) is 29.2 Å². The fourth-order valence-electron chi connectivity index (χ4n) is 4.16. The number of hydrogen-bond acceptors (Lipinski definition) is 5. The number of carbonyl (C=O) groups is 1. The highest BCUT2D eigenvalue weighted by atomic mass is 35.5. The molecule has 0 aliphatic carbocycles. The summed E-state index contributed by atoms with van der Waals surface area (Å²) >= 11 is 7.18. The fourth-order valence-corrected chi connectivity index (χ4v) is 6.92. The maximum Gasteiger partial charge on any atom is 0.416 e. The number of thiophene rings is 1. The van der Waals surface area contributed by atoms with Gasteiger partial charge < -0.3 is 0 Å². The number of rotatable bonds is 9. The molecule has 1 atom stereocenters. The van der Waals surface area contributed by atoms with Gasteiger partial charge in [-0.2, -0.15) is 13.2 Å². The van der Waals surface area contributed by atoms with Crippen molar-refractivity contribution in [2.75, 3.05) is 13.1 Å². The average Bonchev–Trinajstić information content (AvgIpc) is 3.52. The zero-order chi connectivity index (χ0) is 26.6.